The highest BCUT2D eigenvalue weighted by Gasteiger charge is 2.26. The van der Waals surface area contributed by atoms with Gasteiger partial charge in [-0.2, -0.15) is 0 Å². The van der Waals surface area contributed by atoms with Gasteiger partial charge in [-0.3, -0.25) is 0 Å². The van der Waals surface area contributed by atoms with E-state index < -0.39 is 0 Å². The number of nitrogens with one attached hydrogen (secondary N) is 1. The molecule has 0 fully saturated rings. The van der Waals surface area contributed by atoms with Crippen molar-refractivity contribution >= 4 is 0 Å². The van der Waals surface area contributed by atoms with Crippen LogP contribution < -0.4 is 5.32 Å². The summed E-state index contributed by atoms with van der Waals surface area (Å²) >= 11 is 0. The fourth-order valence-corrected chi connectivity index (χ4v) is 3.05. The predicted molar refractivity (Wildman–Crippen MR) is 87.8 cm³/mol. The highest BCUT2D eigenvalue weighted by molar-refractivity contribution is 5.17. The van der Waals surface area contributed by atoms with Gasteiger partial charge in [-0.15, -0.1) is 0 Å². The molecule has 0 bridgehead atoms. The molecule has 0 saturated carbocycles. The summed E-state index contributed by atoms with van der Waals surface area (Å²) in [6.45, 7) is 9.58. The molecule has 1 unspecified atom stereocenters. The lowest BCUT2D eigenvalue weighted by atomic mass is 9.93. The molecule has 1 atom stereocenters. The van der Waals surface area contributed by atoms with Gasteiger partial charge in [0, 0.05) is 50.1 Å². The van der Waals surface area contributed by atoms with Gasteiger partial charge in [0.25, 0.3) is 0 Å². The summed E-state index contributed by atoms with van der Waals surface area (Å²) < 4.78 is 4.42. The van der Waals surface area contributed by atoms with E-state index in [2.05, 4.69) is 46.4 Å². The van der Waals surface area contributed by atoms with Crippen LogP contribution in [0, 0.1) is 0 Å². The molecule has 22 heavy (non-hydrogen) atoms. The molecule has 3 rings (SSSR count). The molecule has 5 nitrogen and oxygen atoms in total. The SMILES string of the molecule is Cn1ccnc1CNCC1CCCn2cc(C(C)(C)C)nc21. The summed E-state index contributed by atoms with van der Waals surface area (Å²) in [5.41, 5.74) is 1.33. The number of hydrogen-bond donors (Lipinski definition) is 1. The molecule has 0 spiro atoms. The zero-order valence-electron chi connectivity index (χ0n) is 14.1. The van der Waals surface area contributed by atoms with Crippen molar-refractivity contribution in [3.05, 3.63) is 35.9 Å². The molecule has 120 valence electrons. The standard InChI is InChI=1S/C17H27N5/c1-17(2,3)14-12-22-8-5-6-13(16(22)20-14)10-18-11-15-19-7-9-21(15)4/h7,9,12-13,18H,5-6,8,10-11H2,1-4H3. The molecule has 2 aromatic rings. The van der Waals surface area contributed by atoms with Crippen molar-refractivity contribution in [1.82, 2.24) is 24.4 Å². The molecular formula is C17H27N5. The number of aryl methyl sites for hydroxylation is 2. The Hall–Kier alpha value is -1.62. The zero-order valence-corrected chi connectivity index (χ0v) is 14.1. The van der Waals surface area contributed by atoms with Crippen LogP contribution in [0.2, 0.25) is 0 Å². The van der Waals surface area contributed by atoms with Crippen LogP contribution in [-0.2, 0) is 25.6 Å². The van der Waals surface area contributed by atoms with Crippen LogP contribution in [0.5, 0.6) is 0 Å². The monoisotopic (exact) mass is 301 g/mol. The number of fused-ring (bicyclic) bond motifs is 1. The zero-order chi connectivity index (χ0) is 15.7. The number of rotatable bonds is 4. The first-order valence-corrected chi connectivity index (χ1v) is 8.19. The van der Waals surface area contributed by atoms with Gasteiger partial charge in [0.05, 0.1) is 12.2 Å². The van der Waals surface area contributed by atoms with Gasteiger partial charge in [0.1, 0.15) is 11.6 Å². The Labute approximate surface area is 132 Å². The van der Waals surface area contributed by atoms with Crippen LogP contribution in [0.25, 0.3) is 0 Å². The lowest BCUT2D eigenvalue weighted by Crippen LogP contribution is -2.27. The first-order valence-electron chi connectivity index (χ1n) is 8.19. The number of aromatic nitrogens is 4. The summed E-state index contributed by atoms with van der Waals surface area (Å²) in [6.07, 6.45) is 8.54. The molecule has 0 aromatic carbocycles. The van der Waals surface area contributed by atoms with Crippen molar-refractivity contribution in [3.8, 4) is 0 Å². The predicted octanol–water partition coefficient (Wildman–Crippen LogP) is 2.58. The second-order valence-corrected chi connectivity index (χ2v) is 7.35. The molecule has 0 aliphatic carbocycles. The van der Waals surface area contributed by atoms with E-state index in [1.165, 1.54) is 24.4 Å². The average molecular weight is 301 g/mol. The maximum Gasteiger partial charge on any atom is 0.122 e. The molecular weight excluding hydrogens is 274 g/mol. The minimum Gasteiger partial charge on any atom is -0.337 e. The van der Waals surface area contributed by atoms with Crippen molar-refractivity contribution in [2.75, 3.05) is 6.54 Å². The molecule has 2 aromatic heterocycles. The van der Waals surface area contributed by atoms with E-state index >= 15 is 0 Å². The van der Waals surface area contributed by atoms with Gasteiger partial charge < -0.3 is 14.5 Å². The molecule has 1 aliphatic rings. The maximum absolute atomic E-state index is 4.94. The van der Waals surface area contributed by atoms with Crippen LogP contribution in [0.15, 0.2) is 18.6 Å². The topological polar surface area (TPSA) is 47.7 Å². The number of imidazole rings is 2. The minimum absolute atomic E-state index is 0.120. The Morgan fingerprint density at radius 2 is 2.18 bits per heavy atom. The van der Waals surface area contributed by atoms with Crippen molar-refractivity contribution in [1.29, 1.82) is 0 Å². The Bertz CT molecular complexity index is 632. The van der Waals surface area contributed by atoms with Crippen LogP contribution in [0.1, 0.15) is 56.9 Å². The fraction of sp³-hybridized carbons (Fsp3) is 0.647. The summed E-state index contributed by atoms with van der Waals surface area (Å²) in [5.74, 6) is 2.84. The molecule has 1 aliphatic heterocycles. The van der Waals surface area contributed by atoms with E-state index in [0.29, 0.717) is 5.92 Å². The quantitative estimate of drug-likeness (QED) is 0.944. The second-order valence-electron chi connectivity index (χ2n) is 7.35. The Morgan fingerprint density at radius 1 is 1.36 bits per heavy atom. The van der Waals surface area contributed by atoms with Gasteiger partial charge in [0.2, 0.25) is 0 Å². The highest BCUT2D eigenvalue weighted by atomic mass is 15.1. The molecule has 0 radical (unpaired) electrons. The second kappa shape index (κ2) is 5.88. The molecule has 3 heterocycles. The molecule has 0 amide bonds. The minimum atomic E-state index is 0.120. The Balaban J connectivity index is 1.67. The number of nitrogens with zero attached hydrogens (tertiary/aromatic N) is 4. The molecule has 1 N–H and O–H groups in total. The normalized spacial score (nSPS) is 18.5. The van der Waals surface area contributed by atoms with Gasteiger partial charge in [0.15, 0.2) is 0 Å². The van der Waals surface area contributed by atoms with Crippen LogP contribution in [0.4, 0.5) is 0 Å². The van der Waals surface area contributed by atoms with E-state index in [9.17, 15) is 0 Å². The summed E-state index contributed by atoms with van der Waals surface area (Å²) in [7, 11) is 2.03. The van der Waals surface area contributed by atoms with E-state index in [0.717, 1.165) is 25.5 Å². The van der Waals surface area contributed by atoms with Crippen molar-refractivity contribution in [2.45, 2.75) is 58.0 Å². The van der Waals surface area contributed by atoms with Crippen LogP contribution >= 0.6 is 0 Å². The summed E-state index contributed by atoms with van der Waals surface area (Å²) in [4.78, 5) is 9.30. The molecule has 0 saturated heterocycles. The average Bonchev–Trinajstić information content (AvgIpc) is 3.05. The summed E-state index contributed by atoms with van der Waals surface area (Å²) in [5, 5.41) is 3.55. The van der Waals surface area contributed by atoms with Gasteiger partial charge in [-0.25, -0.2) is 9.97 Å². The third-order valence-corrected chi connectivity index (χ3v) is 4.49. The third kappa shape index (κ3) is 3.09. The Kier molecular flexibility index (Phi) is 4.08. The van der Waals surface area contributed by atoms with Crippen molar-refractivity contribution < 1.29 is 0 Å². The summed E-state index contributed by atoms with van der Waals surface area (Å²) in [6, 6.07) is 0. The van der Waals surface area contributed by atoms with E-state index in [-0.39, 0.29) is 5.41 Å². The lowest BCUT2D eigenvalue weighted by Gasteiger charge is -2.23. The highest BCUT2D eigenvalue weighted by Crippen LogP contribution is 2.30. The largest absolute Gasteiger partial charge is 0.337 e. The Morgan fingerprint density at radius 3 is 2.86 bits per heavy atom. The molecule has 5 heteroatoms. The lowest BCUT2D eigenvalue weighted by molar-refractivity contribution is 0.420. The van der Waals surface area contributed by atoms with Gasteiger partial charge in [-0.1, -0.05) is 20.8 Å². The van der Waals surface area contributed by atoms with Crippen molar-refractivity contribution in [3.63, 3.8) is 0 Å². The van der Waals surface area contributed by atoms with Crippen LogP contribution in [-0.4, -0.2) is 25.6 Å². The fourth-order valence-electron chi connectivity index (χ4n) is 3.05. The first kappa shape index (κ1) is 15.3. The van der Waals surface area contributed by atoms with E-state index in [1.807, 2.05) is 19.4 Å². The first-order chi connectivity index (χ1) is 10.4. The van der Waals surface area contributed by atoms with Gasteiger partial charge >= 0.3 is 0 Å². The van der Waals surface area contributed by atoms with Crippen LogP contribution in [0.3, 0.4) is 0 Å². The smallest absolute Gasteiger partial charge is 0.122 e. The van der Waals surface area contributed by atoms with E-state index in [4.69, 9.17) is 4.98 Å². The number of hydrogen-bond acceptors (Lipinski definition) is 3. The van der Waals surface area contributed by atoms with Crippen molar-refractivity contribution in [2.24, 2.45) is 7.05 Å². The maximum atomic E-state index is 4.94. The van der Waals surface area contributed by atoms with Gasteiger partial charge in [-0.05, 0) is 12.8 Å². The third-order valence-electron chi connectivity index (χ3n) is 4.49. The van der Waals surface area contributed by atoms with E-state index in [1.54, 1.807) is 0 Å².